The third-order valence-electron chi connectivity index (χ3n) is 3.27. The minimum Gasteiger partial charge on any atom is -0.338 e. The molecule has 94 valence electrons. The highest BCUT2D eigenvalue weighted by Gasteiger charge is 2.26. The Hall–Kier alpha value is -0.390. The molecule has 0 bridgehead atoms. The summed E-state index contributed by atoms with van der Waals surface area (Å²) < 4.78 is 1.00. The fourth-order valence-corrected chi connectivity index (χ4v) is 3.56. The second-order valence-corrected chi connectivity index (χ2v) is 7.08. The Morgan fingerprint density at radius 1 is 1.65 bits per heavy atom. The van der Waals surface area contributed by atoms with Crippen molar-refractivity contribution in [3.05, 3.63) is 20.8 Å². The second-order valence-electron chi connectivity index (χ2n) is 4.62. The summed E-state index contributed by atoms with van der Waals surface area (Å²) in [6.45, 7) is 3.68. The number of nitrogens with zero attached hydrogens (tertiary/aromatic N) is 1. The third-order valence-corrected chi connectivity index (χ3v) is 4.88. The number of rotatable bonds is 2. The quantitative estimate of drug-likeness (QED) is 0.911. The molecule has 1 aliphatic rings. The molecule has 1 aromatic heterocycles. The van der Waals surface area contributed by atoms with E-state index >= 15 is 0 Å². The Morgan fingerprint density at radius 2 is 2.41 bits per heavy atom. The van der Waals surface area contributed by atoms with Gasteiger partial charge in [-0.1, -0.05) is 0 Å². The molecule has 0 aliphatic carbocycles. The third kappa shape index (κ3) is 3.09. The average Bonchev–Trinajstić information content (AvgIpc) is 2.75. The molecule has 0 spiro atoms. The molecule has 2 atom stereocenters. The van der Waals surface area contributed by atoms with Crippen LogP contribution in [0, 0.1) is 5.92 Å². The molecule has 1 saturated heterocycles. The van der Waals surface area contributed by atoms with Gasteiger partial charge in [-0.2, -0.15) is 0 Å². The van der Waals surface area contributed by atoms with Crippen LogP contribution in [0.5, 0.6) is 0 Å². The van der Waals surface area contributed by atoms with Crippen molar-refractivity contribution in [2.24, 2.45) is 11.7 Å². The van der Waals surface area contributed by atoms with Gasteiger partial charge in [-0.3, -0.25) is 4.79 Å². The van der Waals surface area contributed by atoms with Crippen molar-refractivity contribution in [3.63, 3.8) is 0 Å². The van der Waals surface area contributed by atoms with Gasteiger partial charge in [0.15, 0.2) is 0 Å². The van der Waals surface area contributed by atoms with Crippen molar-refractivity contribution in [2.45, 2.75) is 25.8 Å². The molecule has 0 unspecified atom stereocenters. The summed E-state index contributed by atoms with van der Waals surface area (Å²) in [4.78, 5) is 15.0. The standard InChI is InChI=1S/C12H17BrN2OS/c1-8(14)9-3-2-6-15(7-9)12(16)10-4-5-11(13)17-10/h4-5,8-9H,2-3,6-7,14H2,1H3/t8-,9+/m1/s1. The maximum atomic E-state index is 12.3. The summed E-state index contributed by atoms with van der Waals surface area (Å²) >= 11 is 4.88. The van der Waals surface area contributed by atoms with Crippen molar-refractivity contribution >= 4 is 33.2 Å². The predicted octanol–water partition coefficient (Wildman–Crippen LogP) is 2.71. The Labute approximate surface area is 114 Å². The Morgan fingerprint density at radius 3 is 3.00 bits per heavy atom. The molecule has 0 radical (unpaired) electrons. The minimum absolute atomic E-state index is 0.144. The van der Waals surface area contributed by atoms with Crippen molar-refractivity contribution in [1.29, 1.82) is 0 Å². The molecular weight excluding hydrogens is 300 g/mol. The van der Waals surface area contributed by atoms with Crippen molar-refractivity contribution < 1.29 is 4.79 Å². The van der Waals surface area contributed by atoms with Gasteiger partial charge >= 0.3 is 0 Å². The topological polar surface area (TPSA) is 46.3 Å². The maximum Gasteiger partial charge on any atom is 0.263 e. The first-order valence-corrected chi connectivity index (χ1v) is 7.49. The maximum absolute atomic E-state index is 12.3. The molecule has 2 rings (SSSR count). The molecular formula is C12H17BrN2OS. The van der Waals surface area contributed by atoms with E-state index in [0.717, 1.165) is 34.6 Å². The number of thiophene rings is 1. The zero-order chi connectivity index (χ0) is 12.4. The first-order chi connectivity index (χ1) is 8.08. The van der Waals surface area contributed by atoms with Crippen LogP contribution >= 0.6 is 27.3 Å². The molecule has 2 N–H and O–H groups in total. The van der Waals surface area contributed by atoms with Crippen LogP contribution in [0.15, 0.2) is 15.9 Å². The molecule has 1 aromatic rings. The van der Waals surface area contributed by atoms with Crippen LogP contribution in [0.1, 0.15) is 29.4 Å². The number of amides is 1. The molecule has 0 saturated carbocycles. The summed E-state index contributed by atoms with van der Waals surface area (Å²) in [6, 6.07) is 3.97. The number of piperidine rings is 1. The summed E-state index contributed by atoms with van der Waals surface area (Å²) in [5.74, 6) is 0.585. The van der Waals surface area contributed by atoms with Gasteiger partial charge in [-0.25, -0.2) is 0 Å². The summed E-state index contributed by atoms with van der Waals surface area (Å²) in [5, 5.41) is 0. The Bertz CT molecular complexity index is 405. The molecule has 5 heteroatoms. The number of likely N-dealkylation sites (tertiary alicyclic amines) is 1. The van der Waals surface area contributed by atoms with E-state index in [1.165, 1.54) is 11.3 Å². The number of hydrogen-bond acceptors (Lipinski definition) is 3. The number of nitrogens with two attached hydrogens (primary N) is 1. The molecule has 0 aromatic carbocycles. The van der Waals surface area contributed by atoms with E-state index in [9.17, 15) is 4.79 Å². The van der Waals surface area contributed by atoms with E-state index in [1.807, 2.05) is 24.0 Å². The van der Waals surface area contributed by atoms with Crippen LogP contribution in [0.4, 0.5) is 0 Å². The number of carbonyl (C=O) groups is 1. The first-order valence-electron chi connectivity index (χ1n) is 5.88. The van der Waals surface area contributed by atoms with E-state index in [2.05, 4.69) is 15.9 Å². The van der Waals surface area contributed by atoms with Crippen molar-refractivity contribution in [3.8, 4) is 0 Å². The normalized spacial score (nSPS) is 22.5. The fourth-order valence-electron chi connectivity index (χ4n) is 2.21. The predicted molar refractivity (Wildman–Crippen MR) is 74.3 cm³/mol. The Kier molecular flexibility index (Phi) is 4.22. The van der Waals surface area contributed by atoms with Gasteiger partial charge in [-0.15, -0.1) is 11.3 Å². The van der Waals surface area contributed by atoms with Crippen LogP contribution < -0.4 is 5.73 Å². The molecule has 3 nitrogen and oxygen atoms in total. The number of halogens is 1. The van der Waals surface area contributed by atoms with Gasteiger partial charge in [0, 0.05) is 19.1 Å². The molecule has 1 fully saturated rings. The fraction of sp³-hybridized carbons (Fsp3) is 0.583. The van der Waals surface area contributed by atoms with E-state index in [-0.39, 0.29) is 11.9 Å². The lowest BCUT2D eigenvalue weighted by Crippen LogP contribution is -2.44. The van der Waals surface area contributed by atoms with Crippen LogP contribution in [0.3, 0.4) is 0 Å². The van der Waals surface area contributed by atoms with Gasteiger partial charge < -0.3 is 10.6 Å². The van der Waals surface area contributed by atoms with Crippen molar-refractivity contribution in [1.82, 2.24) is 4.90 Å². The summed E-state index contributed by atoms with van der Waals surface area (Å²) in [6.07, 6.45) is 2.19. The largest absolute Gasteiger partial charge is 0.338 e. The van der Waals surface area contributed by atoms with Crippen molar-refractivity contribution in [2.75, 3.05) is 13.1 Å². The number of carbonyl (C=O) groups excluding carboxylic acids is 1. The van der Waals surface area contributed by atoms with Gasteiger partial charge in [0.25, 0.3) is 5.91 Å². The van der Waals surface area contributed by atoms with Gasteiger partial charge in [0.05, 0.1) is 8.66 Å². The summed E-state index contributed by atoms with van der Waals surface area (Å²) in [7, 11) is 0. The van der Waals surface area contributed by atoms with E-state index in [4.69, 9.17) is 5.73 Å². The van der Waals surface area contributed by atoms with Gasteiger partial charge in [0.2, 0.25) is 0 Å². The lowest BCUT2D eigenvalue weighted by molar-refractivity contribution is 0.0666. The zero-order valence-electron chi connectivity index (χ0n) is 9.86. The van der Waals surface area contributed by atoms with Gasteiger partial charge in [-0.05, 0) is 53.7 Å². The monoisotopic (exact) mass is 316 g/mol. The van der Waals surface area contributed by atoms with E-state index in [0.29, 0.717) is 5.92 Å². The lowest BCUT2D eigenvalue weighted by atomic mass is 9.92. The molecule has 1 aliphatic heterocycles. The van der Waals surface area contributed by atoms with E-state index < -0.39 is 0 Å². The molecule has 2 heterocycles. The van der Waals surface area contributed by atoms with Gasteiger partial charge in [0.1, 0.15) is 0 Å². The zero-order valence-corrected chi connectivity index (χ0v) is 12.3. The van der Waals surface area contributed by atoms with Crippen LogP contribution in [-0.4, -0.2) is 29.9 Å². The highest BCUT2D eigenvalue weighted by Crippen LogP contribution is 2.26. The molecule has 17 heavy (non-hydrogen) atoms. The summed E-state index contributed by atoms with van der Waals surface area (Å²) in [5.41, 5.74) is 5.93. The van der Waals surface area contributed by atoms with Crippen LogP contribution in [-0.2, 0) is 0 Å². The SMILES string of the molecule is C[C@@H](N)[C@H]1CCCN(C(=O)c2ccc(Br)s2)C1. The first kappa shape index (κ1) is 13.1. The van der Waals surface area contributed by atoms with Crippen LogP contribution in [0.25, 0.3) is 0 Å². The minimum atomic E-state index is 0.144. The second kappa shape index (κ2) is 5.50. The lowest BCUT2D eigenvalue weighted by Gasteiger charge is -2.34. The molecule has 1 amide bonds. The van der Waals surface area contributed by atoms with Crippen LogP contribution in [0.2, 0.25) is 0 Å². The highest BCUT2D eigenvalue weighted by molar-refractivity contribution is 9.11. The Balaban J connectivity index is 2.04. The van der Waals surface area contributed by atoms with E-state index in [1.54, 1.807) is 0 Å². The average molecular weight is 317 g/mol. The number of hydrogen-bond donors (Lipinski definition) is 1. The smallest absolute Gasteiger partial charge is 0.263 e. The highest BCUT2D eigenvalue weighted by atomic mass is 79.9.